The standard InChI is InChI=1S/C12H12FN3O2S/c13-8-1-3-9(4-2-8)15-6-11(17)16(5-10(14)19)12(18)7-15/h1-4H,5-7H2,(H2,14,19). The van der Waals surface area contributed by atoms with E-state index in [4.69, 9.17) is 18.0 Å². The molecule has 0 aromatic heterocycles. The SMILES string of the molecule is NC(=S)CN1C(=O)CN(c2ccc(F)cc2)CC1=O. The van der Waals surface area contributed by atoms with Crippen molar-refractivity contribution >= 4 is 34.7 Å². The highest BCUT2D eigenvalue weighted by atomic mass is 32.1. The first-order chi connectivity index (χ1) is 8.97. The summed E-state index contributed by atoms with van der Waals surface area (Å²) in [4.78, 5) is 26.5. The average Bonchev–Trinajstić information content (AvgIpc) is 2.34. The molecule has 0 bridgehead atoms. The Hall–Kier alpha value is -2.02. The molecule has 19 heavy (non-hydrogen) atoms. The number of anilines is 1. The van der Waals surface area contributed by atoms with Gasteiger partial charge in [0, 0.05) is 5.69 Å². The van der Waals surface area contributed by atoms with E-state index in [0.29, 0.717) is 5.69 Å². The van der Waals surface area contributed by atoms with Crippen LogP contribution in [0, 0.1) is 5.82 Å². The maximum atomic E-state index is 12.8. The molecule has 0 spiro atoms. The molecule has 1 aliphatic rings. The molecule has 1 aliphatic heterocycles. The van der Waals surface area contributed by atoms with Crippen LogP contribution in [-0.2, 0) is 9.59 Å². The summed E-state index contributed by atoms with van der Waals surface area (Å²) in [5.74, 6) is -1.10. The molecule has 0 radical (unpaired) electrons. The summed E-state index contributed by atoms with van der Waals surface area (Å²) in [6, 6.07) is 5.62. The van der Waals surface area contributed by atoms with Crippen LogP contribution in [0.2, 0.25) is 0 Å². The van der Waals surface area contributed by atoms with Gasteiger partial charge in [0.2, 0.25) is 11.8 Å². The van der Waals surface area contributed by atoms with Crippen LogP contribution in [0.1, 0.15) is 0 Å². The topological polar surface area (TPSA) is 66.6 Å². The van der Waals surface area contributed by atoms with Gasteiger partial charge in [0.05, 0.1) is 24.6 Å². The Morgan fingerprint density at radius 1 is 1.21 bits per heavy atom. The molecule has 1 fully saturated rings. The zero-order chi connectivity index (χ0) is 14.0. The molecular weight excluding hydrogens is 269 g/mol. The van der Waals surface area contributed by atoms with E-state index in [1.54, 1.807) is 4.90 Å². The van der Waals surface area contributed by atoms with Crippen LogP contribution >= 0.6 is 12.2 Å². The van der Waals surface area contributed by atoms with Gasteiger partial charge < -0.3 is 10.6 Å². The molecule has 1 saturated heterocycles. The number of hydrogen-bond acceptors (Lipinski definition) is 4. The average molecular weight is 281 g/mol. The van der Waals surface area contributed by atoms with Crippen LogP contribution in [0.3, 0.4) is 0 Å². The van der Waals surface area contributed by atoms with Gasteiger partial charge in [-0.25, -0.2) is 4.39 Å². The van der Waals surface area contributed by atoms with Gasteiger partial charge in [0.15, 0.2) is 0 Å². The van der Waals surface area contributed by atoms with Gasteiger partial charge >= 0.3 is 0 Å². The number of rotatable bonds is 3. The normalized spacial score (nSPS) is 15.8. The van der Waals surface area contributed by atoms with E-state index >= 15 is 0 Å². The Balaban J connectivity index is 2.13. The summed E-state index contributed by atoms with van der Waals surface area (Å²) in [7, 11) is 0. The molecule has 0 unspecified atom stereocenters. The largest absolute Gasteiger partial charge is 0.392 e. The summed E-state index contributed by atoms with van der Waals surface area (Å²) >= 11 is 4.70. The minimum absolute atomic E-state index is 0.0374. The molecular formula is C12H12FN3O2S. The zero-order valence-electron chi connectivity index (χ0n) is 10.0. The van der Waals surface area contributed by atoms with E-state index < -0.39 is 0 Å². The van der Waals surface area contributed by atoms with Gasteiger partial charge in [-0.15, -0.1) is 0 Å². The summed E-state index contributed by atoms with van der Waals surface area (Å²) in [6.07, 6.45) is 0. The minimum atomic E-state index is -0.367. The van der Waals surface area contributed by atoms with Crippen molar-refractivity contribution in [2.24, 2.45) is 5.73 Å². The lowest BCUT2D eigenvalue weighted by Crippen LogP contribution is -2.55. The second-order valence-corrected chi connectivity index (χ2v) is 4.70. The maximum absolute atomic E-state index is 12.8. The van der Waals surface area contributed by atoms with Crippen LogP contribution in [0.15, 0.2) is 24.3 Å². The molecule has 1 aromatic carbocycles. The number of carbonyl (C=O) groups is 2. The molecule has 0 saturated carbocycles. The second-order valence-electron chi connectivity index (χ2n) is 4.17. The Morgan fingerprint density at radius 2 is 1.74 bits per heavy atom. The minimum Gasteiger partial charge on any atom is -0.392 e. The summed E-state index contributed by atoms with van der Waals surface area (Å²) in [6.45, 7) is 0.0459. The Kier molecular flexibility index (Phi) is 3.75. The van der Waals surface area contributed by atoms with Crippen LogP contribution in [0.25, 0.3) is 0 Å². The van der Waals surface area contributed by atoms with Gasteiger partial charge in [-0.05, 0) is 24.3 Å². The van der Waals surface area contributed by atoms with Crippen molar-refractivity contribution in [2.75, 3.05) is 24.5 Å². The van der Waals surface area contributed by atoms with E-state index in [1.165, 1.54) is 24.3 Å². The van der Waals surface area contributed by atoms with E-state index in [9.17, 15) is 14.0 Å². The van der Waals surface area contributed by atoms with Crippen molar-refractivity contribution in [2.45, 2.75) is 0 Å². The molecule has 0 aliphatic carbocycles. The van der Waals surface area contributed by atoms with Crippen molar-refractivity contribution in [3.05, 3.63) is 30.1 Å². The Morgan fingerprint density at radius 3 is 2.21 bits per heavy atom. The highest BCUT2D eigenvalue weighted by Crippen LogP contribution is 2.17. The van der Waals surface area contributed by atoms with E-state index in [1.807, 2.05) is 0 Å². The fourth-order valence-corrected chi connectivity index (χ4v) is 1.99. The van der Waals surface area contributed by atoms with Gasteiger partial charge in [-0.1, -0.05) is 12.2 Å². The molecule has 0 atom stereocenters. The third kappa shape index (κ3) is 3.05. The lowest BCUT2D eigenvalue weighted by Gasteiger charge is -2.33. The van der Waals surface area contributed by atoms with Crippen molar-refractivity contribution in [3.8, 4) is 0 Å². The number of hydrogen-bond donors (Lipinski definition) is 1. The van der Waals surface area contributed by atoms with Crippen LogP contribution in [0.4, 0.5) is 10.1 Å². The molecule has 1 aromatic rings. The Labute approximate surface area is 114 Å². The molecule has 2 N–H and O–H groups in total. The first-order valence-corrected chi connectivity index (χ1v) is 6.00. The van der Waals surface area contributed by atoms with Gasteiger partial charge in [-0.2, -0.15) is 0 Å². The molecule has 100 valence electrons. The maximum Gasteiger partial charge on any atom is 0.249 e. The van der Waals surface area contributed by atoms with Gasteiger partial charge in [0.25, 0.3) is 0 Å². The number of thiocarbonyl (C=S) groups is 1. The van der Waals surface area contributed by atoms with Crippen LogP contribution in [-0.4, -0.2) is 41.3 Å². The molecule has 2 rings (SSSR count). The lowest BCUT2D eigenvalue weighted by atomic mass is 10.2. The summed E-state index contributed by atoms with van der Waals surface area (Å²) in [5.41, 5.74) is 5.96. The van der Waals surface area contributed by atoms with Crippen LogP contribution in [0.5, 0.6) is 0 Å². The summed E-state index contributed by atoms with van der Waals surface area (Å²) in [5, 5.41) is 0. The van der Waals surface area contributed by atoms with Crippen molar-refractivity contribution in [1.82, 2.24) is 4.90 Å². The van der Waals surface area contributed by atoms with E-state index in [2.05, 4.69) is 0 Å². The second kappa shape index (κ2) is 5.31. The van der Waals surface area contributed by atoms with E-state index in [-0.39, 0.29) is 42.3 Å². The summed E-state index contributed by atoms with van der Waals surface area (Å²) < 4.78 is 12.8. The number of amides is 2. The molecule has 2 amide bonds. The first-order valence-electron chi connectivity index (χ1n) is 5.59. The highest BCUT2D eigenvalue weighted by Gasteiger charge is 2.31. The number of piperazine rings is 1. The van der Waals surface area contributed by atoms with Crippen LogP contribution < -0.4 is 10.6 Å². The number of carbonyl (C=O) groups excluding carboxylic acids is 2. The number of halogens is 1. The predicted molar refractivity (Wildman–Crippen MR) is 72.1 cm³/mol. The van der Waals surface area contributed by atoms with Crippen molar-refractivity contribution in [3.63, 3.8) is 0 Å². The number of nitrogens with two attached hydrogens (primary N) is 1. The number of nitrogens with zero attached hydrogens (tertiary/aromatic N) is 2. The van der Waals surface area contributed by atoms with Gasteiger partial charge in [0.1, 0.15) is 5.82 Å². The van der Waals surface area contributed by atoms with Crippen molar-refractivity contribution < 1.29 is 14.0 Å². The fourth-order valence-electron chi connectivity index (χ4n) is 1.86. The van der Waals surface area contributed by atoms with E-state index in [0.717, 1.165) is 4.90 Å². The van der Waals surface area contributed by atoms with Gasteiger partial charge in [-0.3, -0.25) is 14.5 Å². The smallest absolute Gasteiger partial charge is 0.249 e. The quantitative estimate of drug-likeness (QED) is 0.637. The third-order valence-electron chi connectivity index (χ3n) is 2.76. The lowest BCUT2D eigenvalue weighted by molar-refractivity contribution is -0.144. The number of benzene rings is 1. The molecule has 5 nitrogen and oxygen atoms in total. The monoisotopic (exact) mass is 281 g/mol. The van der Waals surface area contributed by atoms with Crippen molar-refractivity contribution in [1.29, 1.82) is 0 Å². The third-order valence-corrected chi connectivity index (χ3v) is 2.89. The molecule has 7 heteroatoms. The zero-order valence-corrected chi connectivity index (χ0v) is 10.8. The first kappa shape index (κ1) is 13.4. The highest BCUT2D eigenvalue weighted by molar-refractivity contribution is 7.80. The molecule has 1 heterocycles. The Bertz CT molecular complexity index is 514. The fraction of sp³-hybridized carbons (Fsp3) is 0.250. The predicted octanol–water partition coefficient (Wildman–Crippen LogP) is 0.287. The number of imide groups is 1.